The van der Waals surface area contributed by atoms with Crippen molar-refractivity contribution in [2.75, 3.05) is 17.3 Å². The van der Waals surface area contributed by atoms with Gasteiger partial charge in [-0.2, -0.15) is 0 Å². The summed E-state index contributed by atoms with van der Waals surface area (Å²) in [6.45, 7) is 0. The molecule has 5 rings (SSSR count). The van der Waals surface area contributed by atoms with Crippen molar-refractivity contribution in [3.8, 4) is 5.75 Å². The largest absolute Gasteiger partial charge is 0.497 e. The van der Waals surface area contributed by atoms with E-state index in [2.05, 4.69) is 10.3 Å². The third kappa shape index (κ3) is 4.24. The number of amides is 2. The van der Waals surface area contributed by atoms with Crippen LogP contribution in [0.5, 0.6) is 5.75 Å². The molecular weight excluding hydrogens is 453 g/mol. The van der Waals surface area contributed by atoms with E-state index in [1.165, 1.54) is 23.5 Å². The molecule has 0 saturated carbocycles. The molecule has 4 aromatic rings. The predicted octanol–water partition coefficient (Wildman–Crippen LogP) is 5.57. The van der Waals surface area contributed by atoms with Gasteiger partial charge < -0.3 is 15.0 Å². The number of fused-ring (bicyclic) bond motifs is 1. The Labute approximate surface area is 200 Å². The molecule has 1 aliphatic heterocycles. The highest BCUT2D eigenvalue weighted by Gasteiger charge is 2.41. The van der Waals surface area contributed by atoms with Crippen molar-refractivity contribution in [1.82, 2.24) is 4.98 Å². The first-order valence-corrected chi connectivity index (χ1v) is 11.7. The van der Waals surface area contributed by atoms with Crippen molar-refractivity contribution in [2.45, 2.75) is 18.9 Å². The Hall–Kier alpha value is -3.78. The Morgan fingerprint density at radius 3 is 2.53 bits per heavy atom. The van der Waals surface area contributed by atoms with Crippen LogP contribution in [0, 0.1) is 11.7 Å². The van der Waals surface area contributed by atoms with Crippen molar-refractivity contribution in [1.29, 1.82) is 0 Å². The number of halogens is 1. The predicted molar refractivity (Wildman–Crippen MR) is 131 cm³/mol. The molecular formula is C26H22FN3O3S. The Kier molecular flexibility index (Phi) is 5.98. The molecule has 1 fully saturated rings. The highest BCUT2D eigenvalue weighted by molar-refractivity contribution is 7.22. The number of benzene rings is 3. The summed E-state index contributed by atoms with van der Waals surface area (Å²) in [4.78, 5) is 32.8. The van der Waals surface area contributed by atoms with Crippen LogP contribution >= 0.6 is 11.3 Å². The maximum Gasteiger partial charge on any atom is 0.231 e. The first-order valence-electron chi connectivity index (χ1n) is 10.9. The summed E-state index contributed by atoms with van der Waals surface area (Å²) in [5.41, 5.74) is 2.16. The highest BCUT2D eigenvalue weighted by atomic mass is 32.1. The molecule has 0 bridgehead atoms. The number of nitrogens with zero attached hydrogens (tertiary/aromatic N) is 2. The van der Waals surface area contributed by atoms with Gasteiger partial charge >= 0.3 is 0 Å². The number of carbonyl (C=O) groups is 2. The molecule has 0 unspecified atom stereocenters. The summed E-state index contributed by atoms with van der Waals surface area (Å²) in [6, 6.07) is 20.2. The minimum absolute atomic E-state index is 0.0940. The van der Waals surface area contributed by atoms with E-state index in [0.717, 1.165) is 10.2 Å². The maximum atomic E-state index is 13.7. The fourth-order valence-corrected chi connectivity index (χ4v) is 5.25. The number of carbonyl (C=O) groups excluding carboxylic acids is 2. The van der Waals surface area contributed by atoms with Gasteiger partial charge in [-0.25, -0.2) is 9.37 Å². The topological polar surface area (TPSA) is 71.5 Å². The molecule has 6 nitrogen and oxygen atoms in total. The van der Waals surface area contributed by atoms with E-state index in [0.29, 0.717) is 28.6 Å². The van der Waals surface area contributed by atoms with Crippen molar-refractivity contribution in [3.05, 3.63) is 84.2 Å². The van der Waals surface area contributed by atoms with E-state index in [4.69, 9.17) is 4.74 Å². The van der Waals surface area contributed by atoms with Crippen LogP contribution in [0.4, 0.5) is 15.2 Å². The van der Waals surface area contributed by atoms with Gasteiger partial charge in [0, 0.05) is 12.1 Å². The summed E-state index contributed by atoms with van der Waals surface area (Å²) in [5, 5.41) is 3.46. The first-order chi connectivity index (χ1) is 16.5. The molecule has 1 aliphatic rings. The van der Waals surface area contributed by atoms with Crippen LogP contribution in [0.3, 0.4) is 0 Å². The second-order valence-corrected chi connectivity index (χ2v) is 9.11. The fraction of sp³-hybridized carbons (Fsp3) is 0.192. The maximum absolute atomic E-state index is 13.7. The average molecular weight is 476 g/mol. The summed E-state index contributed by atoms with van der Waals surface area (Å²) < 4.78 is 19.9. The lowest BCUT2D eigenvalue weighted by molar-refractivity contribution is -0.125. The second kappa shape index (κ2) is 9.23. The van der Waals surface area contributed by atoms with Gasteiger partial charge in [0.15, 0.2) is 5.13 Å². The van der Waals surface area contributed by atoms with E-state index >= 15 is 0 Å². The number of methoxy groups -OCH3 is 1. The Morgan fingerprint density at radius 2 is 1.82 bits per heavy atom. The first kappa shape index (κ1) is 22.0. The minimum atomic E-state index is -0.593. The van der Waals surface area contributed by atoms with Gasteiger partial charge in [0.25, 0.3) is 0 Å². The van der Waals surface area contributed by atoms with Gasteiger partial charge in [-0.05, 0) is 60.5 Å². The molecule has 172 valence electrons. The fourth-order valence-electron chi connectivity index (χ4n) is 4.38. The quantitative estimate of drug-likeness (QED) is 0.410. The number of anilines is 2. The third-order valence-corrected chi connectivity index (χ3v) is 6.97. The molecule has 0 radical (unpaired) electrons. The van der Waals surface area contributed by atoms with Gasteiger partial charge in [-0.1, -0.05) is 35.6 Å². The number of hydrogen-bond acceptors (Lipinski definition) is 5. The normalized spacial score (nSPS) is 18.2. The van der Waals surface area contributed by atoms with E-state index in [1.807, 2.05) is 24.3 Å². The number of hydrogen-bond donors (Lipinski definition) is 1. The van der Waals surface area contributed by atoms with Gasteiger partial charge in [-0.3, -0.25) is 9.59 Å². The number of rotatable bonds is 5. The second-order valence-electron chi connectivity index (χ2n) is 8.08. The van der Waals surface area contributed by atoms with Crippen LogP contribution in [-0.2, 0) is 9.59 Å². The van der Waals surface area contributed by atoms with Crippen LogP contribution in [0.25, 0.3) is 10.2 Å². The third-order valence-electron chi connectivity index (χ3n) is 6.02. The lowest BCUT2D eigenvalue weighted by Crippen LogP contribution is -2.47. The number of para-hydroxylation sites is 1. The molecule has 2 amide bonds. The lowest BCUT2D eigenvalue weighted by atomic mass is 9.83. The van der Waals surface area contributed by atoms with E-state index in [-0.39, 0.29) is 24.1 Å². The smallest absolute Gasteiger partial charge is 0.231 e. The Bertz CT molecular complexity index is 1300. The zero-order chi connectivity index (χ0) is 23.7. The van der Waals surface area contributed by atoms with Gasteiger partial charge in [-0.15, -0.1) is 0 Å². The Balaban J connectivity index is 1.51. The van der Waals surface area contributed by atoms with Crippen LogP contribution in [0.1, 0.15) is 24.4 Å². The minimum Gasteiger partial charge on any atom is -0.497 e. The van der Waals surface area contributed by atoms with Crippen molar-refractivity contribution >= 4 is 44.2 Å². The van der Waals surface area contributed by atoms with Crippen molar-refractivity contribution in [3.63, 3.8) is 0 Å². The summed E-state index contributed by atoms with van der Waals surface area (Å²) >= 11 is 1.40. The summed E-state index contributed by atoms with van der Waals surface area (Å²) in [7, 11) is 1.57. The van der Waals surface area contributed by atoms with Crippen molar-refractivity contribution < 1.29 is 18.7 Å². The van der Waals surface area contributed by atoms with Gasteiger partial charge in [0.05, 0.1) is 29.3 Å². The molecule has 1 N–H and O–H groups in total. The molecule has 8 heteroatoms. The Morgan fingerprint density at radius 1 is 1.09 bits per heavy atom. The van der Waals surface area contributed by atoms with Gasteiger partial charge in [0.2, 0.25) is 11.8 Å². The van der Waals surface area contributed by atoms with E-state index in [1.54, 1.807) is 48.4 Å². The molecule has 0 spiro atoms. The molecule has 0 aliphatic carbocycles. The summed E-state index contributed by atoms with van der Waals surface area (Å²) in [6.07, 6.45) is 0.603. The lowest BCUT2D eigenvalue weighted by Gasteiger charge is -2.40. The molecule has 2 atom stereocenters. The SMILES string of the molecule is COc1ccc(N2C(=O)CC[C@@H](C(=O)Nc3nc4ccccc4s3)[C@H]2c2ccc(F)cc2)cc1. The van der Waals surface area contributed by atoms with Crippen LogP contribution in [0.2, 0.25) is 0 Å². The van der Waals surface area contributed by atoms with Crippen LogP contribution in [0.15, 0.2) is 72.8 Å². The van der Waals surface area contributed by atoms with Crippen LogP contribution < -0.4 is 15.0 Å². The number of nitrogens with one attached hydrogen (secondary N) is 1. The monoisotopic (exact) mass is 475 g/mol. The number of ether oxygens (including phenoxy) is 1. The van der Waals surface area contributed by atoms with Crippen molar-refractivity contribution in [2.24, 2.45) is 5.92 Å². The molecule has 3 aromatic carbocycles. The number of thiazole rings is 1. The zero-order valence-corrected chi connectivity index (χ0v) is 19.2. The zero-order valence-electron chi connectivity index (χ0n) is 18.4. The average Bonchev–Trinajstić information content (AvgIpc) is 3.26. The highest BCUT2D eigenvalue weighted by Crippen LogP contribution is 2.41. The summed E-state index contributed by atoms with van der Waals surface area (Å²) in [5.74, 6) is -0.575. The molecule has 1 saturated heterocycles. The van der Waals surface area contributed by atoms with E-state index < -0.39 is 12.0 Å². The molecule has 2 heterocycles. The molecule has 34 heavy (non-hydrogen) atoms. The molecule has 1 aromatic heterocycles. The number of piperidine rings is 1. The van der Waals surface area contributed by atoms with Gasteiger partial charge in [0.1, 0.15) is 11.6 Å². The standard InChI is InChI=1S/C26H22FN3O3S/c1-33-19-12-10-18(11-13-19)30-23(31)15-14-20(24(30)16-6-8-17(27)9-7-16)25(32)29-26-28-21-4-2-3-5-22(21)34-26/h2-13,20,24H,14-15H2,1H3,(H,28,29,32)/t20-,24-/m1/s1. The van der Waals surface area contributed by atoms with Crippen LogP contribution in [-0.4, -0.2) is 23.9 Å². The van der Waals surface area contributed by atoms with E-state index in [9.17, 15) is 14.0 Å². The number of aromatic nitrogens is 1.